The van der Waals surface area contributed by atoms with Gasteiger partial charge in [0.25, 0.3) is 0 Å². The summed E-state index contributed by atoms with van der Waals surface area (Å²) in [7, 11) is -3.51. The molecule has 2 aromatic rings. The summed E-state index contributed by atoms with van der Waals surface area (Å²) in [5, 5.41) is 9.40. The Morgan fingerprint density at radius 1 is 1.18 bits per heavy atom. The fourth-order valence-electron chi connectivity index (χ4n) is 3.43. The number of hydrogen-bond donors (Lipinski definition) is 1. The van der Waals surface area contributed by atoms with Gasteiger partial charge in [0.05, 0.1) is 34.6 Å². The van der Waals surface area contributed by atoms with Crippen LogP contribution in [0.2, 0.25) is 0 Å². The number of allylic oxidation sites excluding steroid dienone is 2. The van der Waals surface area contributed by atoms with E-state index in [0.717, 1.165) is 30.7 Å². The topological polar surface area (TPSA) is 106 Å². The highest BCUT2D eigenvalue weighted by molar-refractivity contribution is 7.91. The molecular weight excluding hydrogens is 440 g/mol. The van der Waals surface area contributed by atoms with E-state index in [-0.39, 0.29) is 10.6 Å². The average Bonchev–Trinajstić information content (AvgIpc) is 3.09. The number of nitrogens with zero attached hydrogens (tertiary/aromatic N) is 2. The van der Waals surface area contributed by atoms with E-state index in [0.29, 0.717) is 30.8 Å². The lowest BCUT2D eigenvalue weighted by atomic mass is 9.85. The molecule has 2 heterocycles. The molecule has 7 nitrogen and oxygen atoms in total. The van der Waals surface area contributed by atoms with Crippen LogP contribution in [0.4, 0.5) is 0 Å². The average molecular weight is 471 g/mol. The zero-order valence-electron chi connectivity index (χ0n) is 19.0. The summed E-state index contributed by atoms with van der Waals surface area (Å²) in [6.07, 6.45) is 8.46. The Bertz CT molecular complexity index is 1140. The summed E-state index contributed by atoms with van der Waals surface area (Å²) in [4.78, 5) is 20.4. The van der Waals surface area contributed by atoms with Gasteiger partial charge in [-0.2, -0.15) is 0 Å². The maximum Gasteiger partial charge on any atom is 0.313 e. The number of unbranched alkanes of at least 4 members (excludes halogenated alkanes) is 1. The zero-order chi connectivity index (χ0) is 23.9. The lowest BCUT2D eigenvalue weighted by Gasteiger charge is -2.20. The van der Waals surface area contributed by atoms with Gasteiger partial charge in [0.15, 0.2) is 9.84 Å². The molecule has 0 spiro atoms. The van der Waals surface area contributed by atoms with E-state index in [1.807, 2.05) is 24.4 Å². The van der Waals surface area contributed by atoms with Crippen LogP contribution in [0.25, 0.3) is 5.57 Å². The smallest absolute Gasteiger partial charge is 0.313 e. The van der Waals surface area contributed by atoms with Crippen LogP contribution in [0, 0.1) is 0 Å². The number of rotatable bonds is 10. The lowest BCUT2D eigenvalue weighted by molar-refractivity contribution is -0.142. The molecule has 0 atom stereocenters. The number of sulfone groups is 1. The molecule has 0 aliphatic carbocycles. The van der Waals surface area contributed by atoms with E-state index in [4.69, 9.17) is 4.74 Å². The molecule has 1 N–H and O–H groups in total. The van der Waals surface area contributed by atoms with Crippen molar-refractivity contribution in [2.75, 3.05) is 18.9 Å². The number of carboxylic acid groups (broad SMARTS) is 1. The van der Waals surface area contributed by atoms with E-state index in [9.17, 15) is 18.3 Å². The van der Waals surface area contributed by atoms with Gasteiger partial charge in [-0.25, -0.2) is 8.42 Å². The van der Waals surface area contributed by atoms with Gasteiger partial charge in [0, 0.05) is 12.8 Å². The Morgan fingerprint density at radius 2 is 2.00 bits per heavy atom. The summed E-state index contributed by atoms with van der Waals surface area (Å²) in [6.45, 7) is 4.34. The monoisotopic (exact) mass is 470 g/mol. The molecule has 1 aromatic carbocycles. The molecule has 33 heavy (non-hydrogen) atoms. The molecule has 1 aromatic heterocycles. The second-order valence-corrected chi connectivity index (χ2v) is 10.7. The summed E-state index contributed by atoms with van der Waals surface area (Å²) >= 11 is 0. The van der Waals surface area contributed by atoms with Crippen molar-refractivity contribution in [2.45, 2.75) is 49.8 Å². The van der Waals surface area contributed by atoms with Crippen molar-refractivity contribution in [1.82, 2.24) is 4.98 Å². The molecule has 0 amide bonds. The molecular formula is C25H30N2O5S. The normalized spacial score (nSPS) is 14.4. The Morgan fingerprint density at radius 3 is 2.73 bits per heavy atom. The SMILES string of the molecule is CC(C)(C(=O)O)c1cccc(S(=O)(=O)CCCCOc2ccc(C3=CC=NCCC3)nc2)c1. The van der Waals surface area contributed by atoms with E-state index in [1.54, 1.807) is 32.2 Å². The second kappa shape index (κ2) is 10.7. The number of hydrogen-bond acceptors (Lipinski definition) is 6. The molecule has 0 unspecified atom stereocenters. The number of aliphatic carboxylic acids is 1. The van der Waals surface area contributed by atoms with E-state index in [2.05, 4.69) is 9.98 Å². The highest BCUT2D eigenvalue weighted by atomic mass is 32.2. The fourth-order valence-corrected chi connectivity index (χ4v) is 4.85. The first-order chi connectivity index (χ1) is 15.7. The third kappa shape index (κ3) is 6.51. The number of pyridine rings is 1. The quantitative estimate of drug-likeness (QED) is 0.518. The maximum absolute atomic E-state index is 12.7. The van der Waals surface area contributed by atoms with Gasteiger partial charge in [-0.15, -0.1) is 0 Å². The number of benzene rings is 1. The number of carbonyl (C=O) groups is 1. The van der Waals surface area contributed by atoms with E-state index in [1.165, 1.54) is 12.1 Å². The van der Waals surface area contributed by atoms with Crippen molar-refractivity contribution in [3.05, 3.63) is 59.9 Å². The van der Waals surface area contributed by atoms with Crippen LogP contribution < -0.4 is 4.74 Å². The minimum Gasteiger partial charge on any atom is -0.492 e. The minimum atomic E-state index is -3.51. The molecule has 0 saturated heterocycles. The van der Waals surface area contributed by atoms with Crippen molar-refractivity contribution in [2.24, 2.45) is 4.99 Å². The first-order valence-corrected chi connectivity index (χ1v) is 12.7. The molecule has 0 fully saturated rings. The van der Waals surface area contributed by atoms with E-state index < -0.39 is 21.2 Å². The standard InChI is InChI=1S/C25H30N2O5S/c1-25(2,24(28)29)20-8-5-9-22(17-20)33(30,31)16-4-3-15-32-21-10-11-23(27-18-21)19-7-6-13-26-14-12-19/h5,8-12,14,17-18H,3-4,6-7,13,15-16H2,1-2H3,(H,28,29). The predicted octanol–water partition coefficient (Wildman–Crippen LogP) is 4.32. The van der Waals surface area contributed by atoms with Crippen LogP contribution in [-0.2, 0) is 20.0 Å². The Kier molecular flexibility index (Phi) is 8.02. The first kappa shape index (κ1) is 24.6. The lowest BCUT2D eigenvalue weighted by Crippen LogP contribution is -2.28. The van der Waals surface area contributed by atoms with Gasteiger partial charge < -0.3 is 9.84 Å². The molecule has 1 aliphatic rings. The molecule has 3 rings (SSSR count). The fraction of sp³-hybridized carbons (Fsp3) is 0.400. The highest BCUT2D eigenvalue weighted by Crippen LogP contribution is 2.26. The van der Waals surface area contributed by atoms with Gasteiger partial charge in [-0.1, -0.05) is 12.1 Å². The zero-order valence-corrected chi connectivity index (χ0v) is 19.8. The predicted molar refractivity (Wildman–Crippen MR) is 129 cm³/mol. The Hall–Kier alpha value is -3.00. The molecule has 0 bridgehead atoms. The first-order valence-electron chi connectivity index (χ1n) is 11.0. The molecule has 8 heteroatoms. The van der Waals surface area contributed by atoms with Crippen molar-refractivity contribution < 1.29 is 23.1 Å². The van der Waals surface area contributed by atoms with Crippen LogP contribution in [0.1, 0.15) is 50.8 Å². The minimum absolute atomic E-state index is 0.0276. The summed E-state index contributed by atoms with van der Waals surface area (Å²) in [6, 6.07) is 10.00. The van der Waals surface area contributed by atoms with Crippen molar-refractivity contribution in [1.29, 1.82) is 0 Å². The molecule has 0 saturated carbocycles. The molecule has 176 valence electrons. The Labute approximate surface area is 195 Å². The van der Waals surface area contributed by atoms with E-state index >= 15 is 0 Å². The molecule has 0 radical (unpaired) electrons. The van der Waals surface area contributed by atoms with Crippen LogP contribution >= 0.6 is 0 Å². The van der Waals surface area contributed by atoms with Crippen molar-refractivity contribution in [3.63, 3.8) is 0 Å². The van der Waals surface area contributed by atoms with Crippen LogP contribution in [0.5, 0.6) is 5.75 Å². The van der Waals surface area contributed by atoms with Crippen molar-refractivity contribution >= 4 is 27.6 Å². The van der Waals surface area contributed by atoms with Crippen LogP contribution in [0.15, 0.2) is 58.6 Å². The summed E-state index contributed by atoms with van der Waals surface area (Å²) in [5.74, 6) is -0.384. The largest absolute Gasteiger partial charge is 0.492 e. The van der Waals surface area contributed by atoms with Gasteiger partial charge in [-0.05, 0) is 81.0 Å². The summed E-state index contributed by atoms with van der Waals surface area (Å²) < 4.78 is 31.1. The van der Waals surface area contributed by atoms with Gasteiger partial charge in [-0.3, -0.25) is 14.8 Å². The van der Waals surface area contributed by atoms with Crippen LogP contribution in [0.3, 0.4) is 0 Å². The molecule has 1 aliphatic heterocycles. The number of ether oxygens (including phenoxy) is 1. The van der Waals surface area contributed by atoms with Gasteiger partial charge in [0.2, 0.25) is 0 Å². The number of carboxylic acids is 1. The highest BCUT2D eigenvalue weighted by Gasteiger charge is 2.30. The Balaban J connectivity index is 1.49. The third-order valence-corrected chi connectivity index (χ3v) is 7.50. The number of aromatic nitrogens is 1. The van der Waals surface area contributed by atoms with Gasteiger partial charge in [0.1, 0.15) is 5.75 Å². The van der Waals surface area contributed by atoms with Crippen LogP contribution in [-0.4, -0.2) is 49.6 Å². The van der Waals surface area contributed by atoms with Gasteiger partial charge >= 0.3 is 5.97 Å². The third-order valence-electron chi connectivity index (χ3n) is 5.71. The second-order valence-electron chi connectivity index (χ2n) is 8.56. The maximum atomic E-state index is 12.7. The number of aliphatic imine (C=N–C) groups is 1. The van der Waals surface area contributed by atoms with Crippen molar-refractivity contribution in [3.8, 4) is 5.75 Å². The summed E-state index contributed by atoms with van der Waals surface area (Å²) in [5.41, 5.74) is 1.37.